The number of hydrogen-bond acceptors (Lipinski definition) is 7. The van der Waals surface area contributed by atoms with Crippen LogP contribution in [0.2, 0.25) is 0 Å². The Morgan fingerprint density at radius 2 is 1.44 bits per heavy atom. The molecule has 0 unspecified atom stereocenters. The minimum Gasteiger partial charge on any atom is -0.480 e. The number of nitrogens with one attached hydrogen (secondary N) is 5. The zero-order chi connectivity index (χ0) is 30.3. The summed E-state index contributed by atoms with van der Waals surface area (Å²) in [5.74, 6) is -5.10. The first-order valence-corrected chi connectivity index (χ1v) is 12.8. The number of hydrogen-bond donors (Lipinski definition) is 8. The summed E-state index contributed by atoms with van der Waals surface area (Å²) in [4.78, 5) is 77.6. The SMILES string of the molecule is CC[C@H](C)[C@H](NC(=O)CNC(C)=O)C(=O)N[C@@H](CCCN=C(N)N)C(=O)N[C@H](C(=O)N[C@@H](C)C(=O)O)C(C)C. The average Bonchev–Trinajstić information content (AvgIpc) is 2.84. The van der Waals surface area contributed by atoms with Crippen LogP contribution in [0.15, 0.2) is 4.99 Å². The van der Waals surface area contributed by atoms with E-state index in [1.807, 2.05) is 6.92 Å². The van der Waals surface area contributed by atoms with Gasteiger partial charge in [-0.25, -0.2) is 0 Å². The molecule has 0 bridgehead atoms. The van der Waals surface area contributed by atoms with Crippen LogP contribution in [0.4, 0.5) is 0 Å². The van der Waals surface area contributed by atoms with E-state index in [1.54, 1.807) is 20.8 Å². The molecule has 5 amide bonds. The van der Waals surface area contributed by atoms with Crippen LogP contribution in [0.3, 0.4) is 0 Å². The van der Waals surface area contributed by atoms with Gasteiger partial charge in [-0.1, -0.05) is 34.1 Å². The van der Waals surface area contributed by atoms with Crippen molar-refractivity contribution in [3.8, 4) is 0 Å². The zero-order valence-corrected chi connectivity index (χ0v) is 23.5. The lowest BCUT2D eigenvalue weighted by Crippen LogP contribution is -2.59. The van der Waals surface area contributed by atoms with Gasteiger partial charge in [-0.05, 0) is 31.6 Å². The van der Waals surface area contributed by atoms with Crippen molar-refractivity contribution < 1.29 is 33.9 Å². The quantitative estimate of drug-likeness (QED) is 0.0555. The Morgan fingerprint density at radius 1 is 0.846 bits per heavy atom. The van der Waals surface area contributed by atoms with Gasteiger partial charge in [0, 0.05) is 13.5 Å². The first-order valence-electron chi connectivity index (χ1n) is 12.8. The Morgan fingerprint density at radius 3 is 1.92 bits per heavy atom. The standard InChI is InChI=1S/C24H44N8O7/c1-7-13(4)19(31-17(34)11-28-15(6)33)22(37)30-16(9-8-10-27-24(25)26)20(35)32-18(12(2)3)21(36)29-14(5)23(38)39/h12-14,16,18-19H,7-11H2,1-6H3,(H,28,33)(H,29,36)(H,30,37)(H,31,34)(H,32,35)(H,38,39)(H4,25,26,27)/t13-,14-,16-,18-,19-/m0/s1. The highest BCUT2D eigenvalue weighted by Gasteiger charge is 2.33. The number of aliphatic carboxylic acids is 1. The smallest absolute Gasteiger partial charge is 0.325 e. The van der Waals surface area contributed by atoms with E-state index in [4.69, 9.17) is 16.6 Å². The van der Waals surface area contributed by atoms with Crippen LogP contribution in [0.1, 0.15) is 60.8 Å². The van der Waals surface area contributed by atoms with Crippen molar-refractivity contribution in [1.29, 1.82) is 0 Å². The van der Waals surface area contributed by atoms with Crippen molar-refractivity contribution >= 4 is 41.5 Å². The van der Waals surface area contributed by atoms with E-state index in [0.717, 1.165) is 0 Å². The molecule has 0 aliphatic carbocycles. The van der Waals surface area contributed by atoms with Gasteiger partial charge in [0.15, 0.2) is 5.96 Å². The van der Waals surface area contributed by atoms with Crippen LogP contribution in [0.25, 0.3) is 0 Å². The minimum absolute atomic E-state index is 0.0966. The van der Waals surface area contributed by atoms with Crippen LogP contribution >= 0.6 is 0 Å². The number of nitrogens with zero attached hydrogens (tertiary/aromatic N) is 1. The first kappa shape index (κ1) is 35.1. The van der Waals surface area contributed by atoms with Crippen molar-refractivity contribution in [1.82, 2.24) is 26.6 Å². The van der Waals surface area contributed by atoms with Crippen molar-refractivity contribution in [3.05, 3.63) is 0 Å². The number of carbonyl (C=O) groups excluding carboxylic acids is 5. The van der Waals surface area contributed by atoms with Crippen LogP contribution in [-0.4, -0.2) is 83.8 Å². The third-order valence-corrected chi connectivity index (χ3v) is 5.86. The second-order valence-electron chi connectivity index (χ2n) is 9.65. The molecule has 0 spiro atoms. The number of guanidine groups is 1. The molecule has 0 aromatic carbocycles. The zero-order valence-electron chi connectivity index (χ0n) is 23.5. The number of carboxylic acids is 1. The van der Waals surface area contributed by atoms with E-state index in [1.165, 1.54) is 13.8 Å². The molecule has 0 saturated carbocycles. The van der Waals surface area contributed by atoms with Crippen LogP contribution < -0.4 is 38.1 Å². The average molecular weight is 557 g/mol. The third kappa shape index (κ3) is 14.0. The van der Waals surface area contributed by atoms with E-state index >= 15 is 0 Å². The summed E-state index contributed by atoms with van der Waals surface area (Å²) in [6.07, 6.45) is 0.921. The van der Waals surface area contributed by atoms with Gasteiger partial charge in [-0.2, -0.15) is 0 Å². The molecule has 0 aliphatic heterocycles. The Balaban J connectivity index is 5.81. The lowest BCUT2D eigenvalue weighted by molar-refractivity contribution is -0.142. The molecule has 15 heteroatoms. The van der Waals surface area contributed by atoms with Crippen molar-refractivity contribution in [2.75, 3.05) is 13.1 Å². The summed E-state index contributed by atoms with van der Waals surface area (Å²) >= 11 is 0. The summed E-state index contributed by atoms with van der Waals surface area (Å²) in [5, 5.41) is 21.6. The number of rotatable bonds is 17. The van der Waals surface area contributed by atoms with Gasteiger partial charge in [0.2, 0.25) is 29.5 Å². The number of amides is 5. The molecule has 0 fully saturated rings. The number of carboxylic acid groups (broad SMARTS) is 1. The van der Waals surface area contributed by atoms with Crippen LogP contribution in [0.5, 0.6) is 0 Å². The van der Waals surface area contributed by atoms with Crippen LogP contribution in [0, 0.1) is 11.8 Å². The van der Waals surface area contributed by atoms with Crippen molar-refractivity contribution in [2.45, 2.75) is 85.0 Å². The number of aliphatic imine (C=N–C) groups is 1. The second kappa shape index (κ2) is 17.6. The highest BCUT2D eigenvalue weighted by atomic mass is 16.4. The Labute approximate surface area is 228 Å². The van der Waals surface area contributed by atoms with E-state index in [2.05, 4.69) is 31.6 Å². The largest absolute Gasteiger partial charge is 0.480 e. The monoisotopic (exact) mass is 556 g/mol. The summed E-state index contributed by atoms with van der Waals surface area (Å²) in [6, 6.07) is -4.40. The molecule has 0 rings (SSSR count). The minimum atomic E-state index is -1.24. The maximum atomic E-state index is 13.3. The summed E-state index contributed by atoms with van der Waals surface area (Å²) < 4.78 is 0. The van der Waals surface area contributed by atoms with Gasteiger partial charge < -0.3 is 43.2 Å². The highest BCUT2D eigenvalue weighted by Crippen LogP contribution is 2.10. The van der Waals surface area contributed by atoms with Gasteiger partial charge in [-0.3, -0.25) is 33.8 Å². The Kier molecular flexibility index (Phi) is 15.8. The molecule has 0 aromatic rings. The molecule has 0 saturated heterocycles. The lowest BCUT2D eigenvalue weighted by Gasteiger charge is -2.28. The molecule has 222 valence electrons. The Bertz CT molecular complexity index is 905. The molecular formula is C24H44N8O7. The molecule has 0 radical (unpaired) electrons. The summed E-state index contributed by atoms with van der Waals surface area (Å²) in [7, 11) is 0. The molecule has 10 N–H and O–H groups in total. The van der Waals surface area contributed by atoms with Gasteiger partial charge in [0.05, 0.1) is 6.54 Å². The summed E-state index contributed by atoms with van der Waals surface area (Å²) in [5.41, 5.74) is 10.7. The molecule has 0 aromatic heterocycles. The van der Waals surface area contributed by atoms with Gasteiger partial charge in [-0.15, -0.1) is 0 Å². The van der Waals surface area contributed by atoms with Crippen molar-refractivity contribution in [2.24, 2.45) is 28.3 Å². The third-order valence-electron chi connectivity index (χ3n) is 5.86. The molecular weight excluding hydrogens is 512 g/mol. The van der Waals surface area contributed by atoms with Crippen LogP contribution in [-0.2, 0) is 28.8 Å². The predicted octanol–water partition coefficient (Wildman–Crippen LogP) is -2.08. The van der Waals surface area contributed by atoms with E-state index in [0.29, 0.717) is 12.8 Å². The molecule has 15 nitrogen and oxygen atoms in total. The van der Waals surface area contributed by atoms with Crippen molar-refractivity contribution in [3.63, 3.8) is 0 Å². The number of carbonyl (C=O) groups is 6. The lowest BCUT2D eigenvalue weighted by atomic mass is 9.97. The summed E-state index contributed by atoms with van der Waals surface area (Å²) in [6.45, 7) is 9.32. The molecule has 0 aliphatic rings. The fourth-order valence-electron chi connectivity index (χ4n) is 3.32. The maximum Gasteiger partial charge on any atom is 0.325 e. The molecule has 5 atom stereocenters. The Hall–Kier alpha value is -3.91. The van der Waals surface area contributed by atoms with Gasteiger partial charge in [0.25, 0.3) is 0 Å². The van der Waals surface area contributed by atoms with E-state index in [-0.39, 0.29) is 31.4 Å². The van der Waals surface area contributed by atoms with Gasteiger partial charge in [0.1, 0.15) is 24.2 Å². The topological polar surface area (TPSA) is 247 Å². The van der Waals surface area contributed by atoms with E-state index in [9.17, 15) is 28.8 Å². The fraction of sp³-hybridized carbons (Fsp3) is 0.708. The predicted molar refractivity (Wildman–Crippen MR) is 144 cm³/mol. The van der Waals surface area contributed by atoms with Gasteiger partial charge >= 0.3 is 5.97 Å². The second-order valence-corrected chi connectivity index (χ2v) is 9.65. The first-order chi connectivity index (χ1) is 18.1. The normalized spacial score (nSPS) is 14.5. The maximum absolute atomic E-state index is 13.3. The number of nitrogens with two attached hydrogens (primary N) is 2. The molecule has 39 heavy (non-hydrogen) atoms. The molecule has 0 heterocycles. The highest BCUT2D eigenvalue weighted by molar-refractivity contribution is 5.95. The fourth-order valence-corrected chi connectivity index (χ4v) is 3.32. The van der Waals surface area contributed by atoms with E-state index < -0.39 is 65.6 Å².